The number of halogens is 2. The minimum Gasteiger partial charge on any atom is -0.478 e. The number of carboxylic acid groups (broad SMARTS) is 1. The summed E-state index contributed by atoms with van der Waals surface area (Å²) in [6, 6.07) is 5.10. The lowest BCUT2D eigenvalue weighted by atomic mass is 10.3. The SMILES string of the molecule is O=C(O)c1coc(CS(=O)(=O)c2ccc(Cl)c(Cl)c2)c1. The highest BCUT2D eigenvalue weighted by atomic mass is 35.5. The predicted octanol–water partition coefficient (Wildman–Crippen LogP) is 3.26. The Kier molecular flexibility index (Phi) is 4.08. The standard InChI is InChI=1S/C12H8Cl2O5S/c13-10-2-1-9(4-11(10)14)20(17,18)6-8-3-7(5-19-8)12(15)16/h1-5H,6H2,(H,15,16). The van der Waals surface area contributed by atoms with Crippen LogP contribution in [-0.4, -0.2) is 19.5 Å². The van der Waals surface area contributed by atoms with E-state index in [4.69, 9.17) is 32.7 Å². The monoisotopic (exact) mass is 334 g/mol. The molecule has 0 unspecified atom stereocenters. The summed E-state index contributed by atoms with van der Waals surface area (Å²) in [7, 11) is -3.69. The minimum absolute atomic E-state index is 0.0137. The van der Waals surface area contributed by atoms with Gasteiger partial charge in [0.2, 0.25) is 0 Å². The lowest BCUT2D eigenvalue weighted by Gasteiger charge is -2.04. The van der Waals surface area contributed by atoms with Crippen LogP contribution in [0.5, 0.6) is 0 Å². The van der Waals surface area contributed by atoms with Gasteiger partial charge in [-0.05, 0) is 24.3 Å². The first-order valence-electron chi connectivity index (χ1n) is 5.28. The molecule has 1 heterocycles. The molecule has 2 aromatic rings. The molecule has 0 aliphatic carbocycles. The fraction of sp³-hybridized carbons (Fsp3) is 0.0833. The van der Waals surface area contributed by atoms with Gasteiger partial charge in [0.25, 0.3) is 0 Å². The van der Waals surface area contributed by atoms with Crippen molar-refractivity contribution in [3.8, 4) is 0 Å². The number of furan rings is 1. The van der Waals surface area contributed by atoms with Crippen LogP contribution in [0.1, 0.15) is 16.1 Å². The third kappa shape index (κ3) is 3.15. The number of carboxylic acids is 1. The van der Waals surface area contributed by atoms with Crippen LogP contribution in [0.15, 0.2) is 39.8 Å². The van der Waals surface area contributed by atoms with Gasteiger partial charge in [0.1, 0.15) is 17.8 Å². The average Bonchev–Trinajstić information content (AvgIpc) is 2.80. The molecule has 5 nitrogen and oxygen atoms in total. The van der Waals surface area contributed by atoms with Gasteiger partial charge < -0.3 is 9.52 Å². The second-order valence-corrected chi connectivity index (χ2v) is 6.75. The van der Waals surface area contributed by atoms with E-state index < -0.39 is 21.6 Å². The molecule has 8 heteroatoms. The maximum Gasteiger partial charge on any atom is 0.338 e. The zero-order valence-corrected chi connectivity index (χ0v) is 12.2. The summed E-state index contributed by atoms with van der Waals surface area (Å²) in [5.74, 6) is -1.61. The van der Waals surface area contributed by atoms with E-state index in [-0.39, 0.29) is 26.3 Å². The van der Waals surface area contributed by atoms with Crippen molar-refractivity contribution in [3.05, 3.63) is 51.9 Å². The molecule has 0 radical (unpaired) electrons. The first-order chi connectivity index (χ1) is 9.29. The molecule has 106 valence electrons. The van der Waals surface area contributed by atoms with Crippen molar-refractivity contribution in [1.29, 1.82) is 0 Å². The number of sulfone groups is 1. The number of aromatic carboxylic acids is 1. The van der Waals surface area contributed by atoms with Crippen LogP contribution in [-0.2, 0) is 15.6 Å². The third-order valence-electron chi connectivity index (χ3n) is 2.48. The summed E-state index contributed by atoms with van der Waals surface area (Å²) in [5, 5.41) is 9.11. The molecule has 0 saturated heterocycles. The molecule has 0 spiro atoms. The van der Waals surface area contributed by atoms with Gasteiger partial charge in [-0.2, -0.15) is 0 Å². The Bertz CT molecular complexity index is 764. The largest absolute Gasteiger partial charge is 0.478 e. The third-order valence-corrected chi connectivity index (χ3v) is 4.86. The summed E-state index contributed by atoms with van der Waals surface area (Å²) in [4.78, 5) is 10.7. The molecular formula is C12H8Cl2O5S. The van der Waals surface area contributed by atoms with Crippen LogP contribution in [0.3, 0.4) is 0 Å². The molecule has 1 aromatic heterocycles. The van der Waals surface area contributed by atoms with Crippen molar-refractivity contribution in [1.82, 2.24) is 0 Å². The van der Waals surface area contributed by atoms with Crippen LogP contribution >= 0.6 is 23.2 Å². The Labute approximate surface area is 124 Å². The number of hydrogen-bond acceptors (Lipinski definition) is 4. The van der Waals surface area contributed by atoms with E-state index >= 15 is 0 Å². The second-order valence-electron chi connectivity index (χ2n) is 3.94. The first-order valence-corrected chi connectivity index (χ1v) is 7.69. The highest BCUT2D eigenvalue weighted by Crippen LogP contribution is 2.26. The highest BCUT2D eigenvalue weighted by molar-refractivity contribution is 7.90. The zero-order chi connectivity index (χ0) is 14.9. The smallest absolute Gasteiger partial charge is 0.338 e. The second kappa shape index (κ2) is 5.47. The van der Waals surface area contributed by atoms with Crippen molar-refractivity contribution in [2.24, 2.45) is 0 Å². The number of benzene rings is 1. The normalized spacial score (nSPS) is 11.5. The van der Waals surface area contributed by atoms with Gasteiger partial charge in [0, 0.05) is 0 Å². The van der Waals surface area contributed by atoms with Gasteiger partial charge in [-0.15, -0.1) is 0 Å². The number of rotatable bonds is 4. The molecule has 0 amide bonds. The molecule has 2 rings (SSSR count). The Morgan fingerprint density at radius 3 is 2.45 bits per heavy atom. The first kappa shape index (κ1) is 14.9. The van der Waals surface area contributed by atoms with Gasteiger partial charge in [0.15, 0.2) is 9.84 Å². The number of carbonyl (C=O) groups is 1. The van der Waals surface area contributed by atoms with Crippen molar-refractivity contribution in [2.45, 2.75) is 10.6 Å². The van der Waals surface area contributed by atoms with Gasteiger partial charge in [0.05, 0.1) is 20.5 Å². The van der Waals surface area contributed by atoms with Gasteiger partial charge >= 0.3 is 5.97 Å². The fourth-order valence-electron chi connectivity index (χ4n) is 1.51. The van der Waals surface area contributed by atoms with Crippen molar-refractivity contribution in [2.75, 3.05) is 0 Å². The van der Waals surface area contributed by atoms with E-state index in [1.807, 2.05) is 0 Å². The van der Waals surface area contributed by atoms with E-state index in [1.54, 1.807) is 0 Å². The van der Waals surface area contributed by atoms with E-state index in [9.17, 15) is 13.2 Å². The molecular weight excluding hydrogens is 327 g/mol. The molecule has 0 aliphatic rings. The minimum atomic E-state index is -3.69. The average molecular weight is 335 g/mol. The molecule has 0 saturated carbocycles. The molecule has 20 heavy (non-hydrogen) atoms. The van der Waals surface area contributed by atoms with E-state index in [0.29, 0.717) is 0 Å². The topological polar surface area (TPSA) is 84.6 Å². The van der Waals surface area contributed by atoms with Gasteiger partial charge in [-0.3, -0.25) is 0 Å². The lowest BCUT2D eigenvalue weighted by molar-refractivity contribution is 0.0696. The highest BCUT2D eigenvalue weighted by Gasteiger charge is 2.20. The van der Waals surface area contributed by atoms with Gasteiger partial charge in [-0.25, -0.2) is 13.2 Å². The van der Waals surface area contributed by atoms with Crippen LogP contribution in [0.2, 0.25) is 10.0 Å². The molecule has 1 aromatic carbocycles. The van der Waals surface area contributed by atoms with Crippen LogP contribution in [0.4, 0.5) is 0 Å². The fourth-order valence-corrected chi connectivity index (χ4v) is 3.14. The maximum atomic E-state index is 12.1. The summed E-state index contributed by atoms with van der Waals surface area (Å²) in [5.41, 5.74) is -0.107. The Hall–Kier alpha value is -1.50. The van der Waals surface area contributed by atoms with E-state index in [1.165, 1.54) is 18.2 Å². The quantitative estimate of drug-likeness (QED) is 0.927. The zero-order valence-electron chi connectivity index (χ0n) is 9.84. The summed E-state index contributed by atoms with van der Waals surface area (Å²) >= 11 is 11.5. The summed E-state index contributed by atoms with van der Waals surface area (Å²) in [6.45, 7) is 0. The number of hydrogen-bond donors (Lipinski definition) is 1. The van der Waals surface area contributed by atoms with E-state index in [2.05, 4.69) is 0 Å². The summed E-state index contributed by atoms with van der Waals surface area (Å²) in [6.07, 6.45) is 0.988. The van der Waals surface area contributed by atoms with Crippen LogP contribution in [0.25, 0.3) is 0 Å². The van der Waals surface area contributed by atoms with Crippen LogP contribution in [0, 0.1) is 0 Å². The van der Waals surface area contributed by atoms with Crippen LogP contribution < -0.4 is 0 Å². The van der Waals surface area contributed by atoms with Crippen molar-refractivity contribution >= 4 is 39.0 Å². The predicted molar refractivity (Wildman–Crippen MR) is 73.0 cm³/mol. The lowest BCUT2D eigenvalue weighted by Crippen LogP contribution is -2.04. The summed E-state index contributed by atoms with van der Waals surface area (Å²) < 4.78 is 29.2. The molecule has 0 aliphatic heterocycles. The molecule has 0 atom stereocenters. The Balaban J connectivity index is 2.30. The molecule has 0 fully saturated rings. The molecule has 0 bridgehead atoms. The Morgan fingerprint density at radius 1 is 1.20 bits per heavy atom. The van der Waals surface area contributed by atoms with Crippen molar-refractivity contribution in [3.63, 3.8) is 0 Å². The Morgan fingerprint density at radius 2 is 1.90 bits per heavy atom. The van der Waals surface area contributed by atoms with Gasteiger partial charge in [-0.1, -0.05) is 23.2 Å². The van der Waals surface area contributed by atoms with Crippen molar-refractivity contribution < 1.29 is 22.7 Å². The molecule has 1 N–H and O–H groups in total. The maximum absolute atomic E-state index is 12.1. The van der Waals surface area contributed by atoms with E-state index in [0.717, 1.165) is 12.3 Å².